The smallest absolute Gasteiger partial charge is 0.246 e. The zero-order valence-electron chi connectivity index (χ0n) is 15.1. The summed E-state index contributed by atoms with van der Waals surface area (Å²) in [5, 5.41) is 9.62. The minimum absolute atomic E-state index is 0.0372. The molecule has 1 heterocycles. The van der Waals surface area contributed by atoms with Crippen LogP contribution >= 0.6 is 0 Å². The highest BCUT2D eigenvalue weighted by molar-refractivity contribution is 5.91. The fourth-order valence-corrected chi connectivity index (χ4v) is 3.38. The summed E-state index contributed by atoms with van der Waals surface area (Å²) in [5.41, 5.74) is 2.20. The summed E-state index contributed by atoms with van der Waals surface area (Å²) in [6.45, 7) is 1.61. The Morgan fingerprint density at radius 3 is 2.62 bits per heavy atom. The number of carbonyl (C=O) groups is 1. The molecule has 0 bridgehead atoms. The standard InChI is InChI=1S/C22H25NO3/c1-26-21-16-18(7-9-20(21)24)8-10-22(25)23-13-11-19(12-14-23)15-17-5-3-2-4-6-17/h2-10,16,19,24H,11-15H2,1H3/b10-8+. The maximum absolute atomic E-state index is 12.4. The predicted molar refractivity (Wildman–Crippen MR) is 103 cm³/mol. The predicted octanol–water partition coefficient (Wildman–Crippen LogP) is 3.90. The largest absolute Gasteiger partial charge is 0.504 e. The van der Waals surface area contributed by atoms with E-state index in [1.165, 1.54) is 12.7 Å². The Morgan fingerprint density at radius 1 is 1.19 bits per heavy atom. The van der Waals surface area contributed by atoms with Gasteiger partial charge in [-0.3, -0.25) is 4.79 Å². The molecule has 1 saturated heterocycles. The van der Waals surface area contributed by atoms with Crippen LogP contribution in [0.3, 0.4) is 0 Å². The Morgan fingerprint density at radius 2 is 1.92 bits per heavy atom. The molecule has 0 radical (unpaired) electrons. The summed E-state index contributed by atoms with van der Waals surface area (Å²) in [7, 11) is 1.51. The zero-order chi connectivity index (χ0) is 18.4. The zero-order valence-corrected chi connectivity index (χ0v) is 15.1. The van der Waals surface area contributed by atoms with Crippen molar-refractivity contribution in [2.24, 2.45) is 5.92 Å². The Kier molecular flexibility index (Phi) is 5.95. The number of piperidine rings is 1. The molecule has 1 fully saturated rings. The number of nitrogens with zero attached hydrogens (tertiary/aromatic N) is 1. The molecule has 0 spiro atoms. The van der Waals surface area contributed by atoms with E-state index in [1.807, 2.05) is 11.0 Å². The lowest BCUT2D eigenvalue weighted by atomic mass is 9.90. The molecule has 1 N–H and O–H groups in total. The number of benzene rings is 2. The minimum Gasteiger partial charge on any atom is -0.504 e. The van der Waals surface area contributed by atoms with E-state index in [2.05, 4.69) is 24.3 Å². The molecular formula is C22H25NO3. The maximum atomic E-state index is 12.4. The van der Waals surface area contributed by atoms with Crippen molar-refractivity contribution in [2.75, 3.05) is 20.2 Å². The van der Waals surface area contributed by atoms with E-state index in [4.69, 9.17) is 4.74 Å². The lowest BCUT2D eigenvalue weighted by Crippen LogP contribution is -2.37. The first kappa shape index (κ1) is 18.1. The van der Waals surface area contributed by atoms with Crippen LogP contribution in [0.15, 0.2) is 54.6 Å². The van der Waals surface area contributed by atoms with Gasteiger partial charge in [-0.05, 0) is 54.5 Å². The number of hydrogen-bond donors (Lipinski definition) is 1. The number of aromatic hydroxyl groups is 1. The molecule has 1 aliphatic rings. The van der Waals surface area contributed by atoms with Crippen LogP contribution in [0.4, 0.5) is 0 Å². The van der Waals surface area contributed by atoms with Crippen LogP contribution in [-0.4, -0.2) is 36.1 Å². The van der Waals surface area contributed by atoms with Crippen molar-refractivity contribution < 1.29 is 14.6 Å². The van der Waals surface area contributed by atoms with E-state index in [9.17, 15) is 9.90 Å². The molecule has 0 atom stereocenters. The van der Waals surface area contributed by atoms with Gasteiger partial charge in [-0.25, -0.2) is 0 Å². The first-order valence-electron chi connectivity index (χ1n) is 9.03. The van der Waals surface area contributed by atoms with Crippen LogP contribution in [0.1, 0.15) is 24.0 Å². The molecule has 26 heavy (non-hydrogen) atoms. The monoisotopic (exact) mass is 351 g/mol. The van der Waals surface area contributed by atoms with Crippen molar-refractivity contribution in [3.8, 4) is 11.5 Å². The molecule has 2 aromatic rings. The third-order valence-electron chi connectivity index (χ3n) is 4.92. The summed E-state index contributed by atoms with van der Waals surface area (Å²) in [6, 6.07) is 15.6. The summed E-state index contributed by atoms with van der Waals surface area (Å²) < 4.78 is 5.09. The van der Waals surface area contributed by atoms with Crippen LogP contribution < -0.4 is 4.74 Å². The number of ether oxygens (including phenoxy) is 1. The molecule has 1 amide bonds. The minimum atomic E-state index is 0.0372. The molecule has 0 saturated carbocycles. The topological polar surface area (TPSA) is 49.8 Å². The second-order valence-corrected chi connectivity index (χ2v) is 6.72. The normalized spacial score (nSPS) is 15.3. The van der Waals surface area contributed by atoms with Crippen molar-refractivity contribution >= 4 is 12.0 Å². The molecule has 0 unspecified atom stereocenters. The average molecular weight is 351 g/mol. The van der Waals surface area contributed by atoms with E-state index >= 15 is 0 Å². The van der Waals surface area contributed by atoms with Gasteiger partial charge in [-0.1, -0.05) is 36.4 Å². The fourth-order valence-electron chi connectivity index (χ4n) is 3.38. The lowest BCUT2D eigenvalue weighted by Gasteiger charge is -2.31. The molecule has 4 heteroatoms. The van der Waals surface area contributed by atoms with Gasteiger partial charge in [0.15, 0.2) is 11.5 Å². The highest BCUT2D eigenvalue weighted by atomic mass is 16.5. The molecular weight excluding hydrogens is 326 g/mol. The number of phenolic OH excluding ortho intramolecular Hbond substituents is 1. The van der Waals surface area contributed by atoms with Crippen molar-refractivity contribution in [3.05, 3.63) is 65.7 Å². The van der Waals surface area contributed by atoms with Gasteiger partial charge >= 0.3 is 0 Å². The number of amides is 1. The Labute approximate surface area is 154 Å². The van der Waals surface area contributed by atoms with Gasteiger partial charge in [0.25, 0.3) is 0 Å². The van der Waals surface area contributed by atoms with Gasteiger partial charge in [0.1, 0.15) is 0 Å². The second-order valence-electron chi connectivity index (χ2n) is 6.72. The number of carbonyl (C=O) groups excluding carboxylic acids is 1. The number of rotatable bonds is 5. The first-order valence-corrected chi connectivity index (χ1v) is 9.03. The number of phenols is 1. The third-order valence-corrected chi connectivity index (χ3v) is 4.92. The highest BCUT2D eigenvalue weighted by Crippen LogP contribution is 2.27. The summed E-state index contributed by atoms with van der Waals surface area (Å²) >= 11 is 0. The van der Waals surface area contributed by atoms with Crippen molar-refractivity contribution in [1.29, 1.82) is 0 Å². The summed E-state index contributed by atoms with van der Waals surface area (Å²) in [6.07, 6.45) is 6.54. The molecule has 136 valence electrons. The molecule has 0 aromatic heterocycles. The molecule has 0 aliphatic carbocycles. The van der Waals surface area contributed by atoms with Crippen LogP contribution in [0.25, 0.3) is 6.08 Å². The number of likely N-dealkylation sites (tertiary alicyclic amines) is 1. The highest BCUT2D eigenvalue weighted by Gasteiger charge is 2.21. The SMILES string of the molecule is COc1cc(/C=C/C(=O)N2CCC(Cc3ccccc3)CC2)ccc1O. The van der Waals surface area contributed by atoms with Crippen LogP contribution in [0.5, 0.6) is 11.5 Å². The quantitative estimate of drug-likeness (QED) is 0.831. The van der Waals surface area contributed by atoms with Gasteiger partial charge < -0.3 is 14.7 Å². The Bertz CT molecular complexity index is 762. The Hall–Kier alpha value is -2.75. The van der Waals surface area contributed by atoms with Crippen molar-refractivity contribution in [3.63, 3.8) is 0 Å². The van der Waals surface area contributed by atoms with Gasteiger partial charge in [0.2, 0.25) is 5.91 Å². The van der Waals surface area contributed by atoms with E-state index in [0.29, 0.717) is 11.7 Å². The third kappa shape index (κ3) is 4.66. The van der Waals surface area contributed by atoms with Crippen LogP contribution in [0, 0.1) is 5.92 Å². The summed E-state index contributed by atoms with van der Waals surface area (Å²) in [5.74, 6) is 1.18. The van der Waals surface area contributed by atoms with Crippen molar-refractivity contribution in [1.82, 2.24) is 4.90 Å². The molecule has 4 nitrogen and oxygen atoms in total. The van der Waals surface area contributed by atoms with Crippen LogP contribution in [-0.2, 0) is 11.2 Å². The molecule has 3 rings (SSSR count). The second kappa shape index (κ2) is 8.56. The van der Waals surface area contributed by atoms with Gasteiger partial charge in [0.05, 0.1) is 7.11 Å². The molecule has 2 aromatic carbocycles. The van der Waals surface area contributed by atoms with Gasteiger partial charge in [-0.2, -0.15) is 0 Å². The first-order chi connectivity index (χ1) is 12.7. The van der Waals surface area contributed by atoms with Gasteiger partial charge in [-0.15, -0.1) is 0 Å². The van der Waals surface area contributed by atoms with E-state index in [-0.39, 0.29) is 11.7 Å². The summed E-state index contributed by atoms with van der Waals surface area (Å²) in [4.78, 5) is 14.3. The van der Waals surface area contributed by atoms with Crippen LogP contribution in [0.2, 0.25) is 0 Å². The maximum Gasteiger partial charge on any atom is 0.246 e. The van der Waals surface area contributed by atoms with E-state index in [0.717, 1.165) is 37.9 Å². The van der Waals surface area contributed by atoms with E-state index in [1.54, 1.807) is 30.4 Å². The van der Waals surface area contributed by atoms with E-state index < -0.39 is 0 Å². The number of methoxy groups -OCH3 is 1. The lowest BCUT2D eigenvalue weighted by molar-refractivity contribution is -0.127. The molecule has 1 aliphatic heterocycles. The number of hydrogen-bond acceptors (Lipinski definition) is 3. The Balaban J connectivity index is 1.52. The van der Waals surface area contributed by atoms with Crippen molar-refractivity contribution in [2.45, 2.75) is 19.3 Å². The average Bonchev–Trinajstić information content (AvgIpc) is 2.68. The fraction of sp³-hybridized carbons (Fsp3) is 0.318. The van der Waals surface area contributed by atoms with Gasteiger partial charge in [0, 0.05) is 19.2 Å².